The molecule has 0 aromatic heterocycles. The second-order valence-electron chi connectivity index (χ2n) is 5.36. The Morgan fingerprint density at radius 3 is 1.53 bits per heavy atom. The highest BCUT2D eigenvalue weighted by atomic mass is 32.2. The topological polar surface area (TPSA) is 66.4 Å². The molecule has 0 unspecified atom stereocenters. The molecule has 0 aliphatic heterocycles. The lowest BCUT2D eigenvalue weighted by atomic mass is 10.1. The van der Waals surface area contributed by atoms with Gasteiger partial charge in [0, 0.05) is 10.9 Å². The summed E-state index contributed by atoms with van der Waals surface area (Å²) in [5.74, 6) is -11.4. The molecule has 1 aromatic rings. The molecule has 1 rings (SSSR count). The van der Waals surface area contributed by atoms with Gasteiger partial charge in [0.1, 0.15) is 17.3 Å². The number of methoxy groups -OCH3 is 1. The van der Waals surface area contributed by atoms with Crippen LogP contribution >= 0.6 is 0 Å². The lowest BCUT2D eigenvalue weighted by molar-refractivity contribution is -0.382. The summed E-state index contributed by atoms with van der Waals surface area (Å²) >= 11 is 0. The number of hydrogen-bond acceptors (Lipinski definition) is 4. The smallest absolute Gasteiger partial charge is 0.460 e. The van der Waals surface area contributed by atoms with E-state index in [0.717, 1.165) is 5.75 Å². The van der Waals surface area contributed by atoms with Crippen molar-refractivity contribution < 1.29 is 57.2 Å². The van der Waals surface area contributed by atoms with E-state index in [9.17, 15) is 52.5 Å². The van der Waals surface area contributed by atoms with Crippen LogP contribution < -0.4 is 4.74 Å². The fourth-order valence-corrected chi connectivity index (χ4v) is 3.86. The van der Waals surface area contributed by atoms with E-state index in [1.54, 1.807) is 7.11 Å². The molecular formula is C15H17F9O4S2. The van der Waals surface area contributed by atoms with Gasteiger partial charge in [-0.2, -0.15) is 39.5 Å². The average molecular weight is 496 g/mol. The van der Waals surface area contributed by atoms with E-state index in [0.29, 0.717) is 10.9 Å². The van der Waals surface area contributed by atoms with Gasteiger partial charge < -0.3 is 9.29 Å². The van der Waals surface area contributed by atoms with Gasteiger partial charge in [0.2, 0.25) is 0 Å². The number of rotatable bonds is 7. The quantitative estimate of drug-likeness (QED) is 0.313. The first-order chi connectivity index (χ1) is 13.3. The predicted octanol–water partition coefficient (Wildman–Crippen LogP) is 4.67. The van der Waals surface area contributed by atoms with Crippen molar-refractivity contribution in [2.24, 2.45) is 0 Å². The summed E-state index contributed by atoms with van der Waals surface area (Å²) < 4.78 is 141. The monoisotopic (exact) mass is 496 g/mol. The standard InChI is InChI=1S/C11H17OS.C4HF9O3S/c1-4-13(5-2)11-8-6-10(12-3)7-9-11;5-1(6,3(9,10)11)2(7,8)4(12,13)17(14,15)16/h6-9H,4-5H2,1-3H3;(H,14,15,16)/q+1;/p-1. The summed E-state index contributed by atoms with van der Waals surface area (Å²) in [6, 6.07) is 8.44. The van der Waals surface area contributed by atoms with Gasteiger partial charge in [-0.1, -0.05) is 0 Å². The summed E-state index contributed by atoms with van der Waals surface area (Å²) in [5.41, 5.74) is 0. The zero-order valence-electron chi connectivity index (χ0n) is 15.6. The number of ether oxygens (including phenoxy) is 1. The van der Waals surface area contributed by atoms with Crippen LogP contribution in [0.4, 0.5) is 39.5 Å². The van der Waals surface area contributed by atoms with Crippen molar-refractivity contribution in [1.82, 2.24) is 0 Å². The molecule has 0 saturated heterocycles. The summed E-state index contributed by atoms with van der Waals surface area (Å²) in [6.45, 7) is 4.49. The molecule has 0 aliphatic rings. The Bertz CT molecular complexity index is 774. The first-order valence-electron chi connectivity index (χ1n) is 7.78. The van der Waals surface area contributed by atoms with Crippen LogP contribution in [0.15, 0.2) is 29.2 Å². The molecule has 30 heavy (non-hydrogen) atoms. The lowest BCUT2D eigenvalue weighted by Crippen LogP contribution is -2.63. The Labute approximate surface area is 169 Å². The highest BCUT2D eigenvalue weighted by Crippen LogP contribution is 2.54. The number of alkyl halides is 9. The van der Waals surface area contributed by atoms with Gasteiger partial charge in [0.15, 0.2) is 15.0 Å². The average Bonchev–Trinajstić information content (AvgIpc) is 2.61. The molecule has 4 nitrogen and oxygen atoms in total. The van der Waals surface area contributed by atoms with Gasteiger partial charge in [-0.3, -0.25) is 0 Å². The van der Waals surface area contributed by atoms with E-state index < -0.39 is 33.4 Å². The van der Waals surface area contributed by atoms with E-state index in [1.165, 1.54) is 16.4 Å². The minimum atomic E-state index is -7.43. The largest absolute Gasteiger partial charge is 0.743 e. The van der Waals surface area contributed by atoms with Crippen LogP contribution in [0.5, 0.6) is 5.75 Å². The summed E-state index contributed by atoms with van der Waals surface area (Å²) in [6.07, 6.45) is -7.16. The molecule has 0 heterocycles. The number of benzene rings is 1. The van der Waals surface area contributed by atoms with E-state index >= 15 is 0 Å². The molecule has 15 heteroatoms. The van der Waals surface area contributed by atoms with Gasteiger partial charge in [-0.05, 0) is 38.1 Å². The van der Waals surface area contributed by atoms with Crippen LogP contribution in [0.3, 0.4) is 0 Å². The molecule has 0 bridgehead atoms. The molecular weight excluding hydrogens is 479 g/mol. The van der Waals surface area contributed by atoms with Crippen molar-refractivity contribution >= 4 is 21.0 Å². The molecule has 0 aliphatic carbocycles. The third kappa shape index (κ3) is 5.87. The van der Waals surface area contributed by atoms with Crippen molar-refractivity contribution in [3.63, 3.8) is 0 Å². The van der Waals surface area contributed by atoms with Crippen LogP contribution in [0.25, 0.3) is 0 Å². The molecule has 176 valence electrons. The highest BCUT2D eigenvalue weighted by Gasteiger charge is 2.83. The maximum Gasteiger partial charge on any atom is 0.460 e. The van der Waals surface area contributed by atoms with Gasteiger partial charge in [-0.15, -0.1) is 0 Å². The Morgan fingerprint density at radius 2 is 1.27 bits per heavy atom. The van der Waals surface area contributed by atoms with Crippen molar-refractivity contribution in [1.29, 1.82) is 0 Å². The molecule has 1 aromatic carbocycles. The zero-order chi connectivity index (χ0) is 24.2. The molecule has 0 atom stereocenters. The molecule has 0 saturated carbocycles. The summed E-state index contributed by atoms with van der Waals surface area (Å²) in [7, 11) is -5.28. The summed E-state index contributed by atoms with van der Waals surface area (Å²) in [4.78, 5) is 1.45. The maximum atomic E-state index is 12.2. The molecule has 0 amide bonds. The number of halogens is 9. The third-order valence-electron chi connectivity index (χ3n) is 3.52. The minimum Gasteiger partial charge on any atom is -0.743 e. The van der Waals surface area contributed by atoms with E-state index in [4.69, 9.17) is 4.74 Å². The molecule has 0 spiro atoms. The second-order valence-corrected chi connectivity index (χ2v) is 9.40. The predicted molar refractivity (Wildman–Crippen MR) is 90.3 cm³/mol. The van der Waals surface area contributed by atoms with Crippen LogP contribution in [-0.4, -0.2) is 54.9 Å². The first-order valence-corrected chi connectivity index (χ1v) is 10.8. The fraction of sp³-hybridized carbons (Fsp3) is 0.600. The number of hydrogen-bond donors (Lipinski definition) is 0. The summed E-state index contributed by atoms with van der Waals surface area (Å²) in [5, 5.41) is -7.11. The second kappa shape index (κ2) is 9.85. The van der Waals surface area contributed by atoms with Crippen molar-refractivity contribution in [3.05, 3.63) is 24.3 Å². The van der Waals surface area contributed by atoms with Crippen molar-refractivity contribution in [2.45, 2.75) is 42.0 Å². The van der Waals surface area contributed by atoms with Crippen LogP contribution in [0.2, 0.25) is 0 Å². The van der Waals surface area contributed by atoms with Crippen LogP contribution in [0.1, 0.15) is 13.8 Å². The fourth-order valence-electron chi connectivity index (χ4n) is 1.82. The third-order valence-corrected chi connectivity index (χ3v) is 6.74. The van der Waals surface area contributed by atoms with E-state index in [-0.39, 0.29) is 0 Å². The Morgan fingerprint density at radius 1 is 0.867 bits per heavy atom. The maximum absolute atomic E-state index is 12.2. The van der Waals surface area contributed by atoms with Crippen molar-refractivity contribution in [2.75, 3.05) is 18.6 Å². The molecule has 0 N–H and O–H groups in total. The Kier molecular flexibility index (Phi) is 9.41. The normalized spacial score (nSPS) is 13.7. The minimum absolute atomic E-state index is 0.432. The van der Waals surface area contributed by atoms with Crippen molar-refractivity contribution in [3.8, 4) is 5.75 Å². The van der Waals surface area contributed by atoms with E-state index in [1.807, 2.05) is 12.1 Å². The van der Waals surface area contributed by atoms with Gasteiger partial charge >= 0.3 is 23.3 Å². The zero-order valence-corrected chi connectivity index (χ0v) is 17.2. The Balaban J connectivity index is 0.000000579. The molecule has 0 radical (unpaired) electrons. The highest BCUT2D eigenvalue weighted by molar-refractivity contribution is 7.96. The SMILES string of the molecule is CC[S+](CC)c1ccc(OC)cc1.O=S(=O)([O-])C(F)(F)C(F)(F)C(F)(F)C(F)(F)F. The van der Waals surface area contributed by atoms with Gasteiger partial charge in [0.25, 0.3) is 0 Å². The van der Waals surface area contributed by atoms with Crippen LogP contribution in [0, 0.1) is 0 Å². The lowest BCUT2D eigenvalue weighted by Gasteiger charge is -2.34. The first kappa shape index (κ1) is 28.6. The van der Waals surface area contributed by atoms with Gasteiger partial charge in [0.05, 0.1) is 7.11 Å². The van der Waals surface area contributed by atoms with Crippen LogP contribution in [-0.2, 0) is 21.0 Å². The molecule has 0 fully saturated rings. The van der Waals surface area contributed by atoms with Gasteiger partial charge in [-0.25, -0.2) is 8.42 Å². The van der Waals surface area contributed by atoms with E-state index in [2.05, 4.69) is 26.0 Å². The Hall–Kier alpha value is -1.35.